The number of nitrogens with two attached hydrogens (primary N) is 1. The Kier molecular flexibility index (Phi) is 7.29. The molecule has 0 rings (SSSR count). The highest BCUT2D eigenvalue weighted by atomic mass is 16.5. The first-order valence-electron chi connectivity index (χ1n) is 5.52. The fourth-order valence-electron chi connectivity index (χ4n) is 1.59. The summed E-state index contributed by atoms with van der Waals surface area (Å²) in [4.78, 5) is 0. The summed E-state index contributed by atoms with van der Waals surface area (Å²) < 4.78 is 5.47. The van der Waals surface area contributed by atoms with E-state index in [1.807, 2.05) is 6.92 Å². The average Bonchev–Trinajstić information content (AvgIpc) is 2.14. The predicted molar refractivity (Wildman–Crippen MR) is 57.8 cm³/mol. The molecule has 0 aliphatic heterocycles. The molecular weight excluding hydrogens is 162 g/mol. The van der Waals surface area contributed by atoms with Crippen LogP contribution in [0.3, 0.4) is 0 Å². The Labute approximate surface area is 82.8 Å². The minimum atomic E-state index is 0.199. The van der Waals surface area contributed by atoms with Crippen LogP contribution in [0, 0.1) is 5.92 Å². The fourth-order valence-corrected chi connectivity index (χ4v) is 1.59. The molecule has 0 radical (unpaired) electrons. The van der Waals surface area contributed by atoms with Gasteiger partial charge in [-0.25, -0.2) is 0 Å². The summed E-state index contributed by atoms with van der Waals surface area (Å²) >= 11 is 0. The summed E-state index contributed by atoms with van der Waals surface area (Å²) in [6.45, 7) is 9.30. The SMILES string of the molecule is CCOC(C)C(N)CC(CC)CC. The smallest absolute Gasteiger partial charge is 0.0697 e. The molecule has 2 atom stereocenters. The van der Waals surface area contributed by atoms with Crippen LogP contribution < -0.4 is 5.73 Å². The van der Waals surface area contributed by atoms with Crippen LogP contribution >= 0.6 is 0 Å². The first kappa shape index (κ1) is 12.9. The topological polar surface area (TPSA) is 35.2 Å². The van der Waals surface area contributed by atoms with Crippen LogP contribution in [0.2, 0.25) is 0 Å². The van der Waals surface area contributed by atoms with Gasteiger partial charge in [0.1, 0.15) is 0 Å². The maximum atomic E-state index is 6.03. The molecule has 0 spiro atoms. The van der Waals surface area contributed by atoms with Gasteiger partial charge in [-0.2, -0.15) is 0 Å². The van der Waals surface area contributed by atoms with E-state index in [1.54, 1.807) is 0 Å². The zero-order valence-corrected chi connectivity index (χ0v) is 9.55. The van der Waals surface area contributed by atoms with Gasteiger partial charge in [-0.3, -0.25) is 0 Å². The van der Waals surface area contributed by atoms with E-state index in [4.69, 9.17) is 10.5 Å². The molecule has 0 saturated heterocycles. The quantitative estimate of drug-likeness (QED) is 0.665. The van der Waals surface area contributed by atoms with Crippen LogP contribution in [-0.2, 0) is 4.74 Å². The van der Waals surface area contributed by atoms with E-state index in [0.29, 0.717) is 0 Å². The van der Waals surface area contributed by atoms with Crippen molar-refractivity contribution in [3.63, 3.8) is 0 Å². The third-order valence-electron chi connectivity index (χ3n) is 2.79. The van der Waals surface area contributed by atoms with Gasteiger partial charge < -0.3 is 10.5 Å². The van der Waals surface area contributed by atoms with Gasteiger partial charge in [-0.1, -0.05) is 26.7 Å². The summed E-state index contributed by atoms with van der Waals surface area (Å²) in [6.07, 6.45) is 3.74. The Balaban J connectivity index is 3.75. The van der Waals surface area contributed by atoms with Gasteiger partial charge in [-0.05, 0) is 26.2 Å². The second-order valence-electron chi connectivity index (χ2n) is 3.74. The van der Waals surface area contributed by atoms with Crippen molar-refractivity contribution in [1.29, 1.82) is 0 Å². The minimum Gasteiger partial charge on any atom is -0.377 e. The molecule has 0 aliphatic carbocycles. The molecular formula is C11H25NO. The van der Waals surface area contributed by atoms with E-state index in [-0.39, 0.29) is 12.1 Å². The molecule has 2 heteroatoms. The maximum Gasteiger partial charge on any atom is 0.0697 e. The van der Waals surface area contributed by atoms with E-state index in [2.05, 4.69) is 20.8 Å². The maximum absolute atomic E-state index is 6.03. The number of hydrogen-bond acceptors (Lipinski definition) is 2. The molecule has 80 valence electrons. The van der Waals surface area contributed by atoms with Crippen LogP contribution in [-0.4, -0.2) is 18.8 Å². The highest BCUT2D eigenvalue weighted by Crippen LogP contribution is 2.16. The zero-order valence-electron chi connectivity index (χ0n) is 9.55. The van der Waals surface area contributed by atoms with Gasteiger partial charge in [-0.15, -0.1) is 0 Å². The second-order valence-corrected chi connectivity index (χ2v) is 3.74. The lowest BCUT2D eigenvalue weighted by Crippen LogP contribution is -2.36. The number of ether oxygens (including phenoxy) is 1. The van der Waals surface area contributed by atoms with E-state index in [1.165, 1.54) is 12.8 Å². The van der Waals surface area contributed by atoms with Crippen molar-refractivity contribution in [3.8, 4) is 0 Å². The van der Waals surface area contributed by atoms with Crippen LogP contribution in [0.1, 0.15) is 47.0 Å². The zero-order chi connectivity index (χ0) is 10.3. The number of hydrogen-bond donors (Lipinski definition) is 1. The third-order valence-corrected chi connectivity index (χ3v) is 2.79. The molecule has 0 fully saturated rings. The monoisotopic (exact) mass is 187 g/mol. The van der Waals surface area contributed by atoms with Gasteiger partial charge >= 0.3 is 0 Å². The highest BCUT2D eigenvalue weighted by molar-refractivity contribution is 4.72. The van der Waals surface area contributed by atoms with Gasteiger partial charge in [0.25, 0.3) is 0 Å². The van der Waals surface area contributed by atoms with E-state index >= 15 is 0 Å². The highest BCUT2D eigenvalue weighted by Gasteiger charge is 2.16. The molecule has 0 aromatic heterocycles. The minimum absolute atomic E-state index is 0.199. The summed E-state index contributed by atoms with van der Waals surface area (Å²) in [5, 5.41) is 0. The standard InChI is InChI=1S/C11H25NO/c1-5-10(6-2)8-11(12)9(4)13-7-3/h9-11H,5-8,12H2,1-4H3. The molecule has 0 heterocycles. The van der Waals surface area contributed by atoms with Gasteiger partial charge in [0.15, 0.2) is 0 Å². The van der Waals surface area contributed by atoms with Crippen molar-refractivity contribution in [1.82, 2.24) is 0 Å². The summed E-state index contributed by atoms with van der Waals surface area (Å²) in [5.41, 5.74) is 6.03. The Morgan fingerprint density at radius 2 is 1.69 bits per heavy atom. The van der Waals surface area contributed by atoms with Crippen LogP contribution in [0.4, 0.5) is 0 Å². The average molecular weight is 187 g/mol. The van der Waals surface area contributed by atoms with Crippen LogP contribution in [0.5, 0.6) is 0 Å². The van der Waals surface area contributed by atoms with Crippen molar-refractivity contribution in [3.05, 3.63) is 0 Å². The summed E-state index contributed by atoms with van der Waals surface area (Å²) in [6, 6.07) is 0.199. The molecule has 2 unspecified atom stereocenters. The van der Waals surface area contributed by atoms with Crippen molar-refractivity contribution in [2.75, 3.05) is 6.61 Å². The molecule has 0 aromatic rings. The second kappa shape index (κ2) is 7.34. The van der Waals surface area contributed by atoms with Gasteiger partial charge in [0, 0.05) is 12.6 Å². The van der Waals surface area contributed by atoms with Crippen molar-refractivity contribution < 1.29 is 4.74 Å². The lowest BCUT2D eigenvalue weighted by atomic mass is 9.93. The Morgan fingerprint density at radius 1 is 1.15 bits per heavy atom. The lowest BCUT2D eigenvalue weighted by Gasteiger charge is -2.23. The first-order chi connectivity index (χ1) is 6.15. The fraction of sp³-hybridized carbons (Fsp3) is 1.00. The van der Waals surface area contributed by atoms with Crippen LogP contribution in [0.25, 0.3) is 0 Å². The van der Waals surface area contributed by atoms with Crippen molar-refractivity contribution >= 4 is 0 Å². The third kappa shape index (κ3) is 5.27. The molecule has 13 heavy (non-hydrogen) atoms. The Morgan fingerprint density at radius 3 is 2.08 bits per heavy atom. The van der Waals surface area contributed by atoms with Gasteiger partial charge in [0.2, 0.25) is 0 Å². The van der Waals surface area contributed by atoms with Crippen molar-refractivity contribution in [2.24, 2.45) is 11.7 Å². The molecule has 0 saturated carbocycles. The van der Waals surface area contributed by atoms with E-state index in [0.717, 1.165) is 18.9 Å². The molecule has 2 N–H and O–H groups in total. The molecule has 0 aliphatic rings. The van der Waals surface area contributed by atoms with Gasteiger partial charge in [0.05, 0.1) is 6.10 Å². The van der Waals surface area contributed by atoms with Crippen LogP contribution in [0.15, 0.2) is 0 Å². The Bertz CT molecular complexity index is 113. The largest absolute Gasteiger partial charge is 0.377 e. The lowest BCUT2D eigenvalue weighted by molar-refractivity contribution is 0.0510. The summed E-state index contributed by atoms with van der Waals surface area (Å²) in [5.74, 6) is 0.762. The summed E-state index contributed by atoms with van der Waals surface area (Å²) in [7, 11) is 0. The molecule has 2 nitrogen and oxygen atoms in total. The number of rotatable bonds is 7. The normalized spacial score (nSPS) is 16.2. The van der Waals surface area contributed by atoms with Crippen molar-refractivity contribution in [2.45, 2.75) is 59.1 Å². The molecule has 0 amide bonds. The molecule has 0 bridgehead atoms. The first-order valence-corrected chi connectivity index (χ1v) is 5.52. The van der Waals surface area contributed by atoms with E-state index < -0.39 is 0 Å². The Hall–Kier alpha value is -0.0800. The predicted octanol–water partition coefficient (Wildman–Crippen LogP) is 2.57. The molecule has 0 aromatic carbocycles. The van der Waals surface area contributed by atoms with E-state index in [9.17, 15) is 0 Å².